The molecule has 1 aliphatic heterocycles. The molecule has 2 aliphatic carbocycles. The Morgan fingerprint density at radius 2 is 1.93 bits per heavy atom. The highest BCUT2D eigenvalue weighted by Crippen LogP contribution is 2.40. The molecule has 8 nitrogen and oxygen atoms in total. The van der Waals surface area contributed by atoms with Gasteiger partial charge in [0.15, 0.2) is 0 Å². The van der Waals surface area contributed by atoms with Gasteiger partial charge >= 0.3 is 5.97 Å². The van der Waals surface area contributed by atoms with E-state index in [0.29, 0.717) is 25.7 Å². The van der Waals surface area contributed by atoms with Gasteiger partial charge in [-0.25, -0.2) is 17.5 Å². The van der Waals surface area contributed by atoms with Crippen LogP contribution in [0.25, 0.3) is 0 Å². The molecule has 0 spiro atoms. The second-order valence-electron chi connectivity index (χ2n) is 7.51. The summed E-state index contributed by atoms with van der Waals surface area (Å²) in [4.78, 5) is 37.5. The van der Waals surface area contributed by atoms with Crippen LogP contribution in [-0.4, -0.2) is 48.7 Å². The number of hydrogen-bond donors (Lipinski definition) is 1. The van der Waals surface area contributed by atoms with E-state index in [0.717, 1.165) is 17.1 Å². The molecule has 0 radical (unpaired) electrons. The Kier molecular flexibility index (Phi) is 4.45. The lowest BCUT2D eigenvalue weighted by Crippen LogP contribution is -2.53. The minimum absolute atomic E-state index is 0.0874. The smallest absolute Gasteiger partial charge is 0.331 e. The Hall–Kier alpha value is -2.42. The molecule has 0 bridgehead atoms. The van der Waals surface area contributed by atoms with Crippen molar-refractivity contribution in [3.05, 3.63) is 29.3 Å². The van der Waals surface area contributed by atoms with E-state index < -0.39 is 33.3 Å². The number of carbonyl (C=O) groups excluding carboxylic acids is 3. The van der Waals surface area contributed by atoms with Gasteiger partial charge < -0.3 is 10.1 Å². The van der Waals surface area contributed by atoms with Crippen molar-refractivity contribution in [1.29, 1.82) is 0 Å². The summed E-state index contributed by atoms with van der Waals surface area (Å²) in [7, 11) is -3.94. The summed E-state index contributed by atoms with van der Waals surface area (Å²) in [5, 5.41) is 2.76. The van der Waals surface area contributed by atoms with Crippen LogP contribution in [-0.2, 0) is 19.6 Å². The predicted molar refractivity (Wildman–Crippen MR) is 98.1 cm³/mol. The summed E-state index contributed by atoms with van der Waals surface area (Å²) in [6.07, 6.45) is 3.87. The van der Waals surface area contributed by atoms with E-state index in [9.17, 15) is 22.8 Å². The molecular formula is C19H22N2O6S. The first kappa shape index (κ1) is 18.9. The highest BCUT2D eigenvalue weighted by atomic mass is 32.2. The number of ether oxygens (including phenoxy) is 1. The number of hydrogen-bond acceptors (Lipinski definition) is 6. The summed E-state index contributed by atoms with van der Waals surface area (Å²) >= 11 is 0. The molecule has 1 heterocycles. The molecule has 1 N–H and O–H groups in total. The summed E-state index contributed by atoms with van der Waals surface area (Å²) in [5.41, 5.74) is -0.895. The normalized spacial score (nSPS) is 22.0. The molecule has 2 saturated carbocycles. The Balaban J connectivity index is 1.63. The Bertz CT molecular complexity index is 961. The minimum Gasteiger partial charge on any atom is -0.464 e. The van der Waals surface area contributed by atoms with E-state index >= 15 is 0 Å². The second kappa shape index (κ2) is 6.58. The van der Waals surface area contributed by atoms with Crippen molar-refractivity contribution in [2.75, 3.05) is 6.61 Å². The van der Waals surface area contributed by atoms with Gasteiger partial charge in [0.2, 0.25) is 0 Å². The van der Waals surface area contributed by atoms with Crippen LogP contribution in [0.15, 0.2) is 23.1 Å². The van der Waals surface area contributed by atoms with E-state index in [-0.39, 0.29) is 28.7 Å². The van der Waals surface area contributed by atoms with Gasteiger partial charge in [0, 0.05) is 11.6 Å². The first-order valence-corrected chi connectivity index (χ1v) is 11.0. The van der Waals surface area contributed by atoms with Crippen molar-refractivity contribution in [3.8, 4) is 0 Å². The van der Waals surface area contributed by atoms with Crippen LogP contribution in [0.4, 0.5) is 0 Å². The molecule has 0 unspecified atom stereocenters. The molecule has 2 amide bonds. The van der Waals surface area contributed by atoms with Gasteiger partial charge in [0.1, 0.15) is 10.4 Å². The number of fused-ring (bicyclic) bond motifs is 1. The summed E-state index contributed by atoms with van der Waals surface area (Å²) in [6, 6.07) is 3.74. The van der Waals surface area contributed by atoms with E-state index in [2.05, 4.69) is 5.32 Å². The predicted octanol–water partition coefficient (Wildman–Crippen LogP) is 1.60. The molecule has 1 aromatic rings. The summed E-state index contributed by atoms with van der Waals surface area (Å²) in [6.45, 7) is 1.92. The number of benzene rings is 1. The fourth-order valence-electron chi connectivity index (χ4n) is 3.98. The Labute approximate surface area is 163 Å². The van der Waals surface area contributed by atoms with Crippen LogP contribution in [0.2, 0.25) is 0 Å². The minimum atomic E-state index is -3.94. The Morgan fingerprint density at radius 1 is 1.25 bits per heavy atom. The van der Waals surface area contributed by atoms with Crippen molar-refractivity contribution in [1.82, 2.24) is 9.62 Å². The SMILES string of the molecule is CCOC(=O)C1(NC(=O)c2ccc3c(c2)S(=O)(=O)N(C2CC2)C3=O)CCCC1. The van der Waals surface area contributed by atoms with Gasteiger partial charge in [-0.3, -0.25) is 9.59 Å². The van der Waals surface area contributed by atoms with Crippen LogP contribution >= 0.6 is 0 Å². The highest BCUT2D eigenvalue weighted by molar-refractivity contribution is 7.90. The van der Waals surface area contributed by atoms with Crippen molar-refractivity contribution < 1.29 is 27.5 Å². The summed E-state index contributed by atoms with van der Waals surface area (Å²) < 4.78 is 31.6. The maximum atomic E-state index is 12.8. The largest absolute Gasteiger partial charge is 0.464 e. The van der Waals surface area contributed by atoms with Crippen molar-refractivity contribution in [3.63, 3.8) is 0 Å². The maximum Gasteiger partial charge on any atom is 0.331 e. The lowest BCUT2D eigenvalue weighted by Gasteiger charge is -2.27. The molecule has 3 aliphatic rings. The number of rotatable bonds is 5. The third-order valence-electron chi connectivity index (χ3n) is 5.57. The molecule has 9 heteroatoms. The molecule has 28 heavy (non-hydrogen) atoms. The molecule has 1 aromatic carbocycles. The fourth-order valence-corrected chi connectivity index (χ4v) is 5.82. The first-order chi connectivity index (χ1) is 13.3. The van der Waals surface area contributed by atoms with Gasteiger partial charge in [-0.2, -0.15) is 0 Å². The number of amides is 2. The number of nitrogens with zero attached hydrogens (tertiary/aromatic N) is 1. The number of carbonyl (C=O) groups is 3. The zero-order valence-corrected chi connectivity index (χ0v) is 16.4. The quantitative estimate of drug-likeness (QED) is 0.744. The van der Waals surface area contributed by atoms with Gasteiger partial charge in [-0.05, 0) is 50.8 Å². The standard InChI is InChI=1S/C19H22N2O6S/c1-2-27-18(24)19(9-3-4-10-19)20-16(22)12-5-8-14-15(11-12)28(25,26)21(17(14)23)13-6-7-13/h5,8,11,13H,2-4,6-7,9-10H2,1H3,(H,20,22). The molecule has 150 valence electrons. The topological polar surface area (TPSA) is 110 Å². The van der Waals surface area contributed by atoms with E-state index in [1.165, 1.54) is 18.2 Å². The maximum absolute atomic E-state index is 12.8. The molecule has 0 atom stereocenters. The van der Waals surface area contributed by atoms with E-state index in [1.807, 2.05) is 0 Å². The van der Waals surface area contributed by atoms with Crippen molar-refractivity contribution in [2.45, 2.75) is 61.9 Å². The molecule has 4 rings (SSSR count). The lowest BCUT2D eigenvalue weighted by molar-refractivity contribution is -0.150. The highest BCUT2D eigenvalue weighted by Gasteiger charge is 2.49. The van der Waals surface area contributed by atoms with Crippen LogP contribution < -0.4 is 5.32 Å². The zero-order valence-electron chi connectivity index (χ0n) is 15.6. The number of esters is 1. The van der Waals surface area contributed by atoms with Crippen LogP contribution in [0.3, 0.4) is 0 Å². The van der Waals surface area contributed by atoms with Gasteiger partial charge in [0.25, 0.3) is 21.8 Å². The Morgan fingerprint density at radius 3 is 2.54 bits per heavy atom. The van der Waals surface area contributed by atoms with E-state index in [1.54, 1.807) is 6.92 Å². The molecule has 2 fully saturated rings. The number of sulfonamides is 1. The van der Waals surface area contributed by atoms with Crippen LogP contribution in [0.1, 0.15) is 66.2 Å². The van der Waals surface area contributed by atoms with Gasteiger partial charge in [-0.15, -0.1) is 0 Å². The van der Waals surface area contributed by atoms with Crippen molar-refractivity contribution >= 4 is 27.8 Å². The molecule has 0 saturated heterocycles. The van der Waals surface area contributed by atoms with Gasteiger partial charge in [0.05, 0.1) is 12.2 Å². The monoisotopic (exact) mass is 406 g/mol. The third-order valence-corrected chi connectivity index (χ3v) is 7.44. The van der Waals surface area contributed by atoms with Gasteiger partial charge in [-0.1, -0.05) is 12.8 Å². The van der Waals surface area contributed by atoms with Crippen molar-refractivity contribution in [2.24, 2.45) is 0 Å². The number of nitrogens with one attached hydrogen (secondary N) is 1. The average molecular weight is 406 g/mol. The zero-order chi connectivity index (χ0) is 20.1. The average Bonchev–Trinajstić information content (AvgIpc) is 3.32. The third kappa shape index (κ3) is 2.88. The first-order valence-electron chi connectivity index (χ1n) is 9.53. The second-order valence-corrected chi connectivity index (χ2v) is 9.30. The molecular weight excluding hydrogens is 384 g/mol. The molecule has 0 aromatic heterocycles. The van der Waals surface area contributed by atoms with Crippen LogP contribution in [0, 0.1) is 0 Å². The lowest BCUT2D eigenvalue weighted by atomic mass is 9.97. The summed E-state index contributed by atoms with van der Waals surface area (Å²) in [5.74, 6) is -1.56. The van der Waals surface area contributed by atoms with E-state index in [4.69, 9.17) is 4.74 Å². The van der Waals surface area contributed by atoms with Crippen LogP contribution in [0.5, 0.6) is 0 Å². The fraction of sp³-hybridized carbons (Fsp3) is 0.526.